The van der Waals surface area contributed by atoms with Crippen molar-refractivity contribution < 1.29 is 5.11 Å². The third kappa shape index (κ3) is 3.06. The quantitative estimate of drug-likeness (QED) is 0.828. The third-order valence-corrected chi connectivity index (χ3v) is 4.55. The molecular weight excluding hydrogens is 218 g/mol. The van der Waals surface area contributed by atoms with Gasteiger partial charge < -0.3 is 10.4 Å². The fourth-order valence-electron chi connectivity index (χ4n) is 2.41. The highest BCUT2D eigenvalue weighted by Crippen LogP contribution is 2.26. The second kappa shape index (κ2) is 5.30. The predicted octanol–water partition coefficient (Wildman–Crippen LogP) is 2.74. The maximum Gasteiger partial charge on any atom is 0.108 e. The van der Waals surface area contributed by atoms with Crippen molar-refractivity contribution in [2.45, 2.75) is 38.2 Å². The molecule has 1 fully saturated rings. The minimum absolute atomic E-state index is 0.657. The Morgan fingerprint density at radius 2 is 2.25 bits per heavy atom. The first-order valence-corrected chi connectivity index (χ1v) is 7.03. The van der Waals surface area contributed by atoms with Crippen molar-refractivity contribution in [3.8, 4) is 0 Å². The molecule has 3 heteroatoms. The topological polar surface area (TPSA) is 32.3 Å². The second-order valence-electron chi connectivity index (χ2n) is 5.03. The Balaban J connectivity index is 1.76. The Labute approximate surface area is 102 Å². The van der Waals surface area contributed by atoms with Gasteiger partial charge in [0.05, 0.1) is 0 Å². The molecule has 16 heavy (non-hydrogen) atoms. The Morgan fingerprint density at radius 3 is 2.88 bits per heavy atom. The molecule has 1 heterocycles. The zero-order valence-electron chi connectivity index (χ0n) is 9.91. The molecule has 2 nitrogen and oxygen atoms in total. The molecule has 0 radical (unpaired) electrons. The van der Waals surface area contributed by atoms with E-state index in [9.17, 15) is 5.11 Å². The summed E-state index contributed by atoms with van der Waals surface area (Å²) < 4.78 is 0. The third-order valence-electron chi connectivity index (χ3n) is 3.43. The van der Waals surface area contributed by atoms with E-state index in [1.807, 2.05) is 24.4 Å². The minimum Gasteiger partial charge on any atom is -0.383 e. The molecular formula is C13H21NOS. The van der Waals surface area contributed by atoms with E-state index in [1.165, 1.54) is 25.7 Å². The molecule has 90 valence electrons. The number of hydrogen-bond donors (Lipinski definition) is 2. The summed E-state index contributed by atoms with van der Waals surface area (Å²) in [6.07, 6.45) is 5.48. The van der Waals surface area contributed by atoms with Gasteiger partial charge in [-0.2, -0.15) is 0 Å². The average Bonchev–Trinajstić information content (AvgIpc) is 2.90. The van der Waals surface area contributed by atoms with Gasteiger partial charge in [-0.1, -0.05) is 18.9 Å². The van der Waals surface area contributed by atoms with Crippen LogP contribution in [0.5, 0.6) is 0 Å². The van der Waals surface area contributed by atoms with E-state index in [2.05, 4.69) is 5.32 Å². The maximum atomic E-state index is 10.3. The summed E-state index contributed by atoms with van der Waals surface area (Å²) in [7, 11) is 0. The Hall–Kier alpha value is -0.380. The molecule has 2 rings (SSSR count). The van der Waals surface area contributed by atoms with Gasteiger partial charge in [0.25, 0.3) is 0 Å². The van der Waals surface area contributed by atoms with Crippen molar-refractivity contribution in [1.82, 2.24) is 5.32 Å². The fourth-order valence-corrected chi connectivity index (χ4v) is 3.19. The van der Waals surface area contributed by atoms with E-state index in [0.29, 0.717) is 6.54 Å². The van der Waals surface area contributed by atoms with Crippen LogP contribution in [0.4, 0.5) is 0 Å². The van der Waals surface area contributed by atoms with Gasteiger partial charge in [0.1, 0.15) is 5.60 Å². The second-order valence-corrected chi connectivity index (χ2v) is 5.98. The van der Waals surface area contributed by atoms with Gasteiger partial charge in [0.2, 0.25) is 0 Å². The summed E-state index contributed by atoms with van der Waals surface area (Å²) in [4.78, 5) is 1.05. The van der Waals surface area contributed by atoms with Crippen LogP contribution in [0.3, 0.4) is 0 Å². The van der Waals surface area contributed by atoms with Crippen LogP contribution in [0.2, 0.25) is 0 Å². The van der Waals surface area contributed by atoms with Crippen LogP contribution in [-0.4, -0.2) is 18.2 Å². The normalized spacial score (nSPS) is 21.1. The number of rotatable bonds is 5. The predicted molar refractivity (Wildman–Crippen MR) is 68.7 cm³/mol. The first kappa shape index (κ1) is 12.1. The molecule has 1 saturated carbocycles. The molecule has 0 saturated heterocycles. The highest BCUT2D eigenvalue weighted by molar-refractivity contribution is 7.10. The van der Waals surface area contributed by atoms with Crippen molar-refractivity contribution >= 4 is 11.3 Å². The zero-order chi connectivity index (χ0) is 11.4. The lowest BCUT2D eigenvalue weighted by Gasteiger charge is -2.23. The van der Waals surface area contributed by atoms with Crippen LogP contribution in [0.1, 0.15) is 37.5 Å². The molecule has 0 aliphatic heterocycles. The van der Waals surface area contributed by atoms with Crippen LogP contribution in [0.25, 0.3) is 0 Å². The molecule has 1 aromatic rings. The minimum atomic E-state index is -0.716. The van der Waals surface area contributed by atoms with Crippen LogP contribution in [0, 0.1) is 5.92 Å². The molecule has 0 spiro atoms. The van der Waals surface area contributed by atoms with E-state index < -0.39 is 5.60 Å². The largest absolute Gasteiger partial charge is 0.383 e. The summed E-state index contributed by atoms with van der Waals surface area (Å²) in [6, 6.07) is 3.99. The number of hydrogen-bond acceptors (Lipinski definition) is 3. The molecule has 2 N–H and O–H groups in total. The standard InChI is InChI=1S/C13H21NOS/c1-13(15,12-7-4-8-16-12)10-14-9-11-5-2-3-6-11/h4,7-8,11,14-15H,2-3,5-6,9-10H2,1H3. The summed E-state index contributed by atoms with van der Waals surface area (Å²) in [5, 5.41) is 15.7. The lowest BCUT2D eigenvalue weighted by atomic mass is 10.0. The Morgan fingerprint density at radius 1 is 1.50 bits per heavy atom. The molecule has 0 bridgehead atoms. The van der Waals surface area contributed by atoms with Crippen LogP contribution in [0.15, 0.2) is 17.5 Å². The molecule has 1 aliphatic carbocycles. The van der Waals surface area contributed by atoms with Gasteiger partial charge in [0, 0.05) is 11.4 Å². The summed E-state index contributed by atoms with van der Waals surface area (Å²) in [5.41, 5.74) is -0.716. The molecule has 1 atom stereocenters. The number of aliphatic hydroxyl groups is 1. The van der Waals surface area contributed by atoms with Gasteiger partial charge in [-0.05, 0) is 43.7 Å². The lowest BCUT2D eigenvalue weighted by Crippen LogP contribution is -2.36. The van der Waals surface area contributed by atoms with E-state index >= 15 is 0 Å². The fraction of sp³-hybridized carbons (Fsp3) is 0.692. The first-order valence-electron chi connectivity index (χ1n) is 6.15. The van der Waals surface area contributed by atoms with Crippen molar-refractivity contribution in [2.75, 3.05) is 13.1 Å². The van der Waals surface area contributed by atoms with Gasteiger partial charge in [-0.25, -0.2) is 0 Å². The highest BCUT2D eigenvalue weighted by Gasteiger charge is 2.24. The maximum absolute atomic E-state index is 10.3. The number of thiophene rings is 1. The Bertz CT molecular complexity index is 302. The summed E-state index contributed by atoms with van der Waals surface area (Å²) >= 11 is 1.62. The van der Waals surface area contributed by atoms with Gasteiger partial charge >= 0.3 is 0 Å². The van der Waals surface area contributed by atoms with Crippen molar-refractivity contribution in [2.24, 2.45) is 5.92 Å². The molecule has 1 aromatic heterocycles. The molecule has 1 aliphatic rings. The van der Waals surface area contributed by atoms with Gasteiger partial charge in [-0.15, -0.1) is 11.3 Å². The van der Waals surface area contributed by atoms with Crippen molar-refractivity contribution in [3.05, 3.63) is 22.4 Å². The van der Waals surface area contributed by atoms with Crippen LogP contribution >= 0.6 is 11.3 Å². The summed E-state index contributed by atoms with van der Waals surface area (Å²) in [6.45, 7) is 3.60. The summed E-state index contributed by atoms with van der Waals surface area (Å²) in [5.74, 6) is 0.833. The van der Waals surface area contributed by atoms with Crippen LogP contribution in [-0.2, 0) is 5.60 Å². The molecule has 1 unspecified atom stereocenters. The number of nitrogens with one attached hydrogen (secondary N) is 1. The van der Waals surface area contributed by atoms with Crippen molar-refractivity contribution in [1.29, 1.82) is 0 Å². The van der Waals surface area contributed by atoms with Gasteiger partial charge in [-0.3, -0.25) is 0 Å². The van der Waals surface area contributed by atoms with E-state index in [4.69, 9.17) is 0 Å². The smallest absolute Gasteiger partial charge is 0.108 e. The zero-order valence-corrected chi connectivity index (χ0v) is 10.7. The first-order chi connectivity index (χ1) is 7.68. The average molecular weight is 239 g/mol. The SMILES string of the molecule is CC(O)(CNCC1CCCC1)c1cccs1. The highest BCUT2D eigenvalue weighted by atomic mass is 32.1. The monoisotopic (exact) mass is 239 g/mol. The Kier molecular flexibility index (Phi) is 4.00. The molecule has 0 amide bonds. The van der Waals surface area contributed by atoms with E-state index in [-0.39, 0.29) is 0 Å². The van der Waals surface area contributed by atoms with E-state index in [1.54, 1.807) is 11.3 Å². The van der Waals surface area contributed by atoms with Crippen molar-refractivity contribution in [3.63, 3.8) is 0 Å². The lowest BCUT2D eigenvalue weighted by molar-refractivity contribution is 0.0598. The van der Waals surface area contributed by atoms with Gasteiger partial charge in [0.15, 0.2) is 0 Å². The van der Waals surface area contributed by atoms with Crippen LogP contribution < -0.4 is 5.32 Å². The van der Waals surface area contributed by atoms with E-state index in [0.717, 1.165) is 17.3 Å². The molecule has 0 aromatic carbocycles.